The number of amides is 1. The number of likely N-dealkylation sites (tertiary alicyclic amines) is 1. The van der Waals surface area contributed by atoms with Crippen LogP contribution in [0.25, 0.3) is 0 Å². The first-order chi connectivity index (χ1) is 6.81. The van der Waals surface area contributed by atoms with E-state index in [9.17, 15) is 9.90 Å². The Kier molecular flexibility index (Phi) is 3.84. The summed E-state index contributed by atoms with van der Waals surface area (Å²) in [5.41, 5.74) is -1.53. The summed E-state index contributed by atoms with van der Waals surface area (Å²) in [6, 6.07) is -0.318. The zero-order valence-electron chi connectivity index (χ0n) is 9.36. The van der Waals surface area contributed by atoms with Gasteiger partial charge in [0.15, 0.2) is 0 Å². The molecule has 1 rings (SSSR count). The SMILES string of the molecule is CC(C)(C)OC(=O)N1CCCC1C(O)Cl. The van der Waals surface area contributed by atoms with E-state index in [2.05, 4.69) is 0 Å². The van der Waals surface area contributed by atoms with Crippen LogP contribution in [0.15, 0.2) is 0 Å². The Morgan fingerprint density at radius 3 is 2.67 bits per heavy atom. The lowest BCUT2D eigenvalue weighted by molar-refractivity contribution is 0.0145. The summed E-state index contributed by atoms with van der Waals surface area (Å²) >= 11 is 5.60. The second-order valence-electron chi connectivity index (χ2n) is 4.76. The number of carbonyl (C=O) groups is 1. The molecule has 1 aliphatic rings. The molecule has 0 spiro atoms. The molecule has 0 aromatic heterocycles. The van der Waals surface area contributed by atoms with Crippen molar-refractivity contribution in [3.05, 3.63) is 0 Å². The monoisotopic (exact) mass is 235 g/mol. The van der Waals surface area contributed by atoms with E-state index in [1.807, 2.05) is 20.8 Å². The highest BCUT2D eigenvalue weighted by Crippen LogP contribution is 2.24. The number of nitrogens with zero attached hydrogens (tertiary/aromatic N) is 1. The molecule has 5 heteroatoms. The van der Waals surface area contributed by atoms with Crippen LogP contribution in [-0.4, -0.2) is 39.9 Å². The van der Waals surface area contributed by atoms with Gasteiger partial charge >= 0.3 is 6.09 Å². The molecule has 2 unspecified atom stereocenters. The van der Waals surface area contributed by atoms with E-state index < -0.39 is 17.3 Å². The standard InChI is InChI=1S/C10H18ClNO3/c1-10(2,3)15-9(14)12-6-4-5-7(12)8(11)13/h7-8,13H,4-6H2,1-3H3. The van der Waals surface area contributed by atoms with Crippen LogP contribution >= 0.6 is 11.6 Å². The molecule has 88 valence electrons. The Morgan fingerprint density at radius 2 is 2.20 bits per heavy atom. The lowest BCUT2D eigenvalue weighted by Crippen LogP contribution is -2.43. The molecule has 1 amide bonds. The van der Waals surface area contributed by atoms with E-state index in [4.69, 9.17) is 16.3 Å². The third-order valence-corrected chi connectivity index (χ3v) is 2.54. The molecule has 0 radical (unpaired) electrons. The third-order valence-electron chi connectivity index (χ3n) is 2.24. The van der Waals surface area contributed by atoms with Gasteiger partial charge in [0, 0.05) is 6.54 Å². The van der Waals surface area contributed by atoms with E-state index in [-0.39, 0.29) is 6.04 Å². The molecule has 1 fully saturated rings. The number of ether oxygens (including phenoxy) is 1. The van der Waals surface area contributed by atoms with Crippen LogP contribution < -0.4 is 0 Å². The first kappa shape index (κ1) is 12.6. The van der Waals surface area contributed by atoms with Gasteiger partial charge in [-0.2, -0.15) is 0 Å². The molecule has 1 saturated heterocycles. The summed E-state index contributed by atoms with van der Waals surface area (Å²) in [6.45, 7) is 6.04. The van der Waals surface area contributed by atoms with Crippen molar-refractivity contribution >= 4 is 17.7 Å². The number of hydrogen-bond acceptors (Lipinski definition) is 3. The average molecular weight is 236 g/mol. The molecule has 1 N–H and O–H groups in total. The molecule has 2 atom stereocenters. The number of halogens is 1. The van der Waals surface area contributed by atoms with Gasteiger partial charge in [-0.25, -0.2) is 4.79 Å². The number of carbonyl (C=O) groups excluding carboxylic acids is 1. The van der Waals surface area contributed by atoms with E-state index in [0.717, 1.165) is 12.8 Å². The highest BCUT2D eigenvalue weighted by atomic mass is 35.5. The van der Waals surface area contributed by atoms with Gasteiger partial charge in [-0.15, -0.1) is 0 Å². The molecule has 0 aliphatic carbocycles. The molecule has 1 aliphatic heterocycles. The predicted molar refractivity (Wildman–Crippen MR) is 57.8 cm³/mol. The van der Waals surface area contributed by atoms with Crippen molar-refractivity contribution in [2.24, 2.45) is 0 Å². The van der Waals surface area contributed by atoms with Crippen LogP contribution in [0.1, 0.15) is 33.6 Å². The number of aliphatic hydroxyl groups is 1. The first-order valence-electron chi connectivity index (χ1n) is 5.13. The molecule has 4 nitrogen and oxygen atoms in total. The number of rotatable bonds is 1. The minimum Gasteiger partial charge on any atom is -0.444 e. The highest BCUT2D eigenvalue weighted by Gasteiger charge is 2.35. The van der Waals surface area contributed by atoms with Crippen LogP contribution in [0, 0.1) is 0 Å². The quantitative estimate of drug-likeness (QED) is 0.707. The Morgan fingerprint density at radius 1 is 1.60 bits per heavy atom. The van der Waals surface area contributed by atoms with Crippen molar-refractivity contribution in [2.45, 2.75) is 50.8 Å². The van der Waals surface area contributed by atoms with Gasteiger partial charge in [0.05, 0.1) is 6.04 Å². The maximum Gasteiger partial charge on any atom is 0.410 e. The fourth-order valence-electron chi connectivity index (χ4n) is 1.63. The highest BCUT2D eigenvalue weighted by molar-refractivity contribution is 6.20. The largest absolute Gasteiger partial charge is 0.444 e. The number of alkyl halides is 1. The zero-order valence-corrected chi connectivity index (χ0v) is 10.1. The van der Waals surface area contributed by atoms with E-state index >= 15 is 0 Å². The molecule has 0 bridgehead atoms. The Labute approximate surface area is 95.2 Å². The zero-order chi connectivity index (χ0) is 11.6. The minimum atomic E-state index is -1.01. The molecule has 15 heavy (non-hydrogen) atoms. The van der Waals surface area contributed by atoms with Crippen LogP contribution in [0.3, 0.4) is 0 Å². The van der Waals surface area contributed by atoms with E-state index in [0.29, 0.717) is 6.54 Å². The third kappa shape index (κ3) is 3.54. The number of aliphatic hydroxyl groups excluding tert-OH is 1. The fourth-order valence-corrected chi connectivity index (χ4v) is 1.89. The average Bonchev–Trinajstić information content (AvgIpc) is 2.47. The Hall–Kier alpha value is -0.480. The Balaban J connectivity index is 2.59. The second-order valence-corrected chi connectivity index (χ2v) is 5.20. The van der Waals surface area contributed by atoms with Gasteiger partial charge < -0.3 is 14.7 Å². The van der Waals surface area contributed by atoms with Gasteiger partial charge in [0.1, 0.15) is 11.2 Å². The lowest BCUT2D eigenvalue weighted by atomic mass is 10.2. The maximum atomic E-state index is 11.7. The second kappa shape index (κ2) is 4.58. The maximum absolute atomic E-state index is 11.7. The van der Waals surface area contributed by atoms with Crippen molar-refractivity contribution < 1.29 is 14.6 Å². The fraction of sp³-hybridized carbons (Fsp3) is 0.900. The van der Waals surface area contributed by atoms with E-state index in [1.54, 1.807) is 0 Å². The van der Waals surface area contributed by atoms with Crippen molar-refractivity contribution in [3.63, 3.8) is 0 Å². The topological polar surface area (TPSA) is 49.8 Å². The van der Waals surface area contributed by atoms with Gasteiger partial charge in [0.2, 0.25) is 0 Å². The summed E-state index contributed by atoms with van der Waals surface area (Å²) in [5, 5.41) is 9.29. The van der Waals surface area contributed by atoms with Crippen molar-refractivity contribution in [1.29, 1.82) is 0 Å². The molecular weight excluding hydrogens is 218 g/mol. The smallest absolute Gasteiger partial charge is 0.410 e. The van der Waals surface area contributed by atoms with Crippen molar-refractivity contribution in [3.8, 4) is 0 Å². The number of hydrogen-bond donors (Lipinski definition) is 1. The summed E-state index contributed by atoms with van der Waals surface area (Å²) in [6.07, 6.45) is 1.18. The first-order valence-corrected chi connectivity index (χ1v) is 5.56. The van der Waals surface area contributed by atoms with Crippen LogP contribution in [0.2, 0.25) is 0 Å². The van der Waals surface area contributed by atoms with Crippen LogP contribution in [-0.2, 0) is 4.74 Å². The van der Waals surface area contributed by atoms with E-state index in [1.165, 1.54) is 4.90 Å². The normalized spacial score (nSPS) is 24.1. The lowest BCUT2D eigenvalue weighted by Gasteiger charge is -2.29. The van der Waals surface area contributed by atoms with Gasteiger partial charge in [-0.1, -0.05) is 11.6 Å². The Bertz CT molecular complexity index is 237. The summed E-state index contributed by atoms with van der Waals surface area (Å²) in [4.78, 5) is 13.2. The molecule has 0 aromatic carbocycles. The van der Waals surface area contributed by atoms with Gasteiger partial charge in [-0.05, 0) is 33.6 Å². The van der Waals surface area contributed by atoms with Gasteiger partial charge in [-0.3, -0.25) is 0 Å². The molecule has 1 heterocycles. The van der Waals surface area contributed by atoms with Crippen molar-refractivity contribution in [1.82, 2.24) is 4.90 Å². The predicted octanol–water partition coefficient (Wildman–Crippen LogP) is 1.94. The summed E-state index contributed by atoms with van der Waals surface area (Å²) < 4.78 is 5.22. The summed E-state index contributed by atoms with van der Waals surface area (Å²) in [5.74, 6) is 0. The minimum absolute atomic E-state index is 0.318. The molecule has 0 aromatic rings. The molecule has 0 saturated carbocycles. The summed E-state index contributed by atoms with van der Waals surface area (Å²) in [7, 11) is 0. The van der Waals surface area contributed by atoms with Gasteiger partial charge in [0.25, 0.3) is 0 Å². The molecular formula is C10H18ClNO3. The van der Waals surface area contributed by atoms with Crippen LogP contribution in [0.4, 0.5) is 4.79 Å². The van der Waals surface area contributed by atoms with Crippen molar-refractivity contribution in [2.75, 3.05) is 6.54 Å². The van der Waals surface area contributed by atoms with Crippen LogP contribution in [0.5, 0.6) is 0 Å².